The van der Waals surface area contributed by atoms with E-state index in [1.165, 1.54) is 12.1 Å². The number of amides is 3. The van der Waals surface area contributed by atoms with Crippen molar-refractivity contribution in [3.8, 4) is 11.1 Å². The maximum absolute atomic E-state index is 13.4. The average Bonchev–Trinajstić information content (AvgIpc) is 2.60. The van der Waals surface area contributed by atoms with Gasteiger partial charge in [-0.1, -0.05) is 19.1 Å². The Morgan fingerprint density at radius 2 is 1.68 bits per heavy atom. The summed E-state index contributed by atoms with van der Waals surface area (Å²) in [5, 5.41) is 2.80. The molecule has 0 aliphatic carbocycles. The first kappa shape index (κ1) is 19.8. The molecule has 2 aromatic carbocycles. The van der Waals surface area contributed by atoms with Crippen LogP contribution in [0.2, 0.25) is 0 Å². The fourth-order valence-electron chi connectivity index (χ4n) is 3.12. The molecule has 1 heterocycles. The van der Waals surface area contributed by atoms with E-state index in [-0.39, 0.29) is 18.0 Å². The molecule has 0 saturated carbocycles. The number of urea groups is 1. The Morgan fingerprint density at radius 1 is 1.07 bits per heavy atom. The number of rotatable bonds is 5. The molecule has 28 heavy (non-hydrogen) atoms. The van der Waals surface area contributed by atoms with Gasteiger partial charge in [-0.2, -0.15) is 0 Å². The molecule has 0 bridgehead atoms. The van der Waals surface area contributed by atoms with Gasteiger partial charge in [0.1, 0.15) is 11.6 Å². The third kappa shape index (κ3) is 4.47. The van der Waals surface area contributed by atoms with Gasteiger partial charge in [-0.05, 0) is 41.8 Å². The van der Waals surface area contributed by atoms with Crippen molar-refractivity contribution < 1.29 is 18.4 Å². The number of benzene rings is 2. The second kappa shape index (κ2) is 8.37. The zero-order valence-corrected chi connectivity index (χ0v) is 15.9. The van der Waals surface area contributed by atoms with Gasteiger partial charge in [0.15, 0.2) is 0 Å². The number of nitrogens with one attached hydrogen (secondary N) is 1. The number of halogens is 2. The Balaban J connectivity index is 1.57. The van der Waals surface area contributed by atoms with Crippen LogP contribution in [-0.4, -0.2) is 47.9 Å². The lowest BCUT2D eigenvalue weighted by Gasteiger charge is -2.43. The van der Waals surface area contributed by atoms with Crippen molar-refractivity contribution in [3.05, 3.63) is 54.1 Å². The van der Waals surface area contributed by atoms with Crippen LogP contribution in [0.4, 0.5) is 19.3 Å². The Kier molecular flexibility index (Phi) is 5.92. The normalized spacial score (nSPS) is 13.8. The lowest BCUT2D eigenvalue weighted by atomic mass is 10.0. The van der Waals surface area contributed by atoms with Gasteiger partial charge in [-0.3, -0.25) is 4.79 Å². The Labute approximate surface area is 162 Å². The van der Waals surface area contributed by atoms with Gasteiger partial charge in [0.25, 0.3) is 0 Å². The molecule has 1 saturated heterocycles. The van der Waals surface area contributed by atoms with E-state index < -0.39 is 11.6 Å². The minimum absolute atomic E-state index is 0.00431. The average molecular weight is 387 g/mol. The molecule has 1 N–H and O–H groups in total. The van der Waals surface area contributed by atoms with Gasteiger partial charge >= 0.3 is 6.03 Å². The summed E-state index contributed by atoms with van der Waals surface area (Å²) in [4.78, 5) is 27.6. The van der Waals surface area contributed by atoms with Crippen molar-refractivity contribution in [1.29, 1.82) is 0 Å². The van der Waals surface area contributed by atoms with E-state index in [1.807, 2.05) is 6.92 Å². The van der Waals surface area contributed by atoms with Crippen molar-refractivity contribution in [2.24, 2.45) is 0 Å². The van der Waals surface area contributed by atoms with Crippen LogP contribution in [0.1, 0.15) is 19.8 Å². The fourth-order valence-corrected chi connectivity index (χ4v) is 3.12. The van der Waals surface area contributed by atoms with E-state index in [4.69, 9.17) is 0 Å². The predicted molar refractivity (Wildman–Crippen MR) is 104 cm³/mol. The van der Waals surface area contributed by atoms with Crippen molar-refractivity contribution in [1.82, 2.24) is 9.80 Å². The molecule has 2 aromatic rings. The molecule has 1 fully saturated rings. The van der Waals surface area contributed by atoms with Gasteiger partial charge < -0.3 is 15.1 Å². The quantitative estimate of drug-likeness (QED) is 0.840. The highest BCUT2D eigenvalue weighted by molar-refractivity contribution is 5.90. The Hall–Kier alpha value is -2.96. The maximum atomic E-state index is 13.4. The molecule has 0 spiro atoms. The summed E-state index contributed by atoms with van der Waals surface area (Å²) in [6.07, 6.45) is 1.35. The number of hydrogen-bond donors (Lipinski definition) is 1. The molecule has 5 nitrogen and oxygen atoms in total. The number of carbonyl (C=O) groups excluding carboxylic acids is 2. The first-order valence-electron chi connectivity index (χ1n) is 9.25. The van der Waals surface area contributed by atoms with Crippen LogP contribution in [0.25, 0.3) is 11.1 Å². The van der Waals surface area contributed by atoms with Crippen LogP contribution in [0, 0.1) is 11.6 Å². The minimum Gasteiger partial charge on any atom is -0.338 e. The molecule has 148 valence electrons. The molecule has 0 radical (unpaired) electrons. The molecule has 3 rings (SSSR count). The second-order valence-corrected chi connectivity index (χ2v) is 6.98. The summed E-state index contributed by atoms with van der Waals surface area (Å²) in [5.74, 6) is -1.15. The molecule has 7 heteroatoms. The van der Waals surface area contributed by atoms with Crippen molar-refractivity contribution in [2.45, 2.75) is 25.8 Å². The lowest BCUT2D eigenvalue weighted by molar-refractivity contribution is -0.137. The van der Waals surface area contributed by atoms with Crippen LogP contribution >= 0.6 is 0 Å². The number of anilines is 1. The van der Waals surface area contributed by atoms with Gasteiger partial charge in [0.05, 0.1) is 6.04 Å². The molecular formula is C21H23F2N3O2. The van der Waals surface area contributed by atoms with Gasteiger partial charge in [-0.25, -0.2) is 13.6 Å². The van der Waals surface area contributed by atoms with E-state index in [0.717, 1.165) is 12.5 Å². The van der Waals surface area contributed by atoms with Crippen LogP contribution < -0.4 is 5.32 Å². The SMILES string of the molecule is CCCC(=O)N1CC(N(C)C(=O)Nc2ccc(-c3cc(F)cc(F)c3)cc2)C1. The zero-order valence-electron chi connectivity index (χ0n) is 15.9. The molecule has 3 amide bonds. The molecule has 1 aliphatic rings. The summed E-state index contributed by atoms with van der Waals surface area (Å²) in [6, 6.07) is 9.82. The Bertz CT molecular complexity index is 844. The summed E-state index contributed by atoms with van der Waals surface area (Å²) in [5.41, 5.74) is 1.66. The highest BCUT2D eigenvalue weighted by Gasteiger charge is 2.34. The van der Waals surface area contributed by atoms with E-state index in [1.54, 1.807) is 41.1 Å². The van der Waals surface area contributed by atoms with Crippen LogP contribution in [-0.2, 0) is 4.79 Å². The van der Waals surface area contributed by atoms with E-state index in [2.05, 4.69) is 5.32 Å². The lowest BCUT2D eigenvalue weighted by Crippen LogP contribution is -2.61. The number of likely N-dealkylation sites (tertiary alicyclic amines) is 1. The summed E-state index contributed by atoms with van der Waals surface area (Å²) < 4.78 is 26.7. The standard InChI is InChI=1S/C21H23F2N3O2/c1-3-4-20(27)26-12-19(13-26)25(2)21(28)24-18-7-5-14(6-8-18)15-9-16(22)11-17(23)10-15/h5-11,19H,3-4,12-13H2,1-2H3,(H,24,28). The maximum Gasteiger partial charge on any atom is 0.321 e. The number of hydrogen-bond acceptors (Lipinski definition) is 2. The molecular weight excluding hydrogens is 364 g/mol. The molecule has 0 unspecified atom stereocenters. The van der Waals surface area contributed by atoms with Crippen molar-refractivity contribution >= 4 is 17.6 Å². The number of likely N-dealkylation sites (N-methyl/N-ethyl adjacent to an activating group) is 1. The highest BCUT2D eigenvalue weighted by atomic mass is 19.1. The van der Waals surface area contributed by atoms with Crippen LogP contribution in [0.15, 0.2) is 42.5 Å². The highest BCUT2D eigenvalue weighted by Crippen LogP contribution is 2.24. The first-order chi connectivity index (χ1) is 13.4. The third-order valence-corrected chi connectivity index (χ3v) is 4.88. The van der Waals surface area contributed by atoms with Crippen LogP contribution in [0.5, 0.6) is 0 Å². The second-order valence-electron chi connectivity index (χ2n) is 6.98. The zero-order chi connectivity index (χ0) is 20.3. The molecule has 1 aliphatic heterocycles. The van der Waals surface area contributed by atoms with Crippen molar-refractivity contribution in [3.63, 3.8) is 0 Å². The van der Waals surface area contributed by atoms with Crippen LogP contribution in [0.3, 0.4) is 0 Å². The monoisotopic (exact) mass is 387 g/mol. The summed E-state index contributed by atoms with van der Waals surface area (Å²) >= 11 is 0. The van der Waals surface area contributed by atoms with Gasteiger partial charge in [-0.15, -0.1) is 0 Å². The topological polar surface area (TPSA) is 52.7 Å². The fraction of sp³-hybridized carbons (Fsp3) is 0.333. The number of nitrogens with zero attached hydrogens (tertiary/aromatic N) is 2. The molecule has 0 aromatic heterocycles. The minimum atomic E-state index is -0.638. The van der Waals surface area contributed by atoms with Gasteiger partial charge in [0.2, 0.25) is 5.91 Å². The summed E-state index contributed by atoms with van der Waals surface area (Å²) in [6.45, 7) is 3.06. The number of carbonyl (C=O) groups is 2. The van der Waals surface area contributed by atoms with Gasteiger partial charge in [0, 0.05) is 38.3 Å². The van der Waals surface area contributed by atoms with E-state index in [9.17, 15) is 18.4 Å². The smallest absolute Gasteiger partial charge is 0.321 e. The van der Waals surface area contributed by atoms with E-state index >= 15 is 0 Å². The largest absolute Gasteiger partial charge is 0.338 e. The Morgan fingerprint density at radius 3 is 2.25 bits per heavy atom. The first-order valence-corrected chi connectivity index (χ1v) is 9.25. The third-order valence-electron chi connectivity index (χ3n) is 4.88. The van der Waals surface area contributed by atoms with E-state index in [0.29, 0.717) is 36.3 Å². The molecule has 0 atom stereocenters. The predicted octanol–water partition coefficient (Wildman–Crippen LogP) is 4.11. The van der Waals surface area contributed by atoms with Crippen molar-refractivity contribution in [2.75, 3.05) is 25.5 Å². The summed E-state index contributed by atoms with van der Waals surface area (Å²) in [7, 11) is 1.70.